The van der Waals surface area contributed by atoms with E-state index in [4.69, 9.17) is 27.9 Å². The third-order valence-electron chi connectivity index (χ3n) is 3.24. The largest absolute Gasteiger partial charge is 0.491 e. The quantitative estimate of drug-likeness (QED) is 0.630. The van der Waals surface area contributed by atoms with E-state index >= 15 is 0 Å². The molecule has 0 spiro atoms. The minimum absolute atomic E-state index is 0.0434. The summed E-state index contributed by atoms with van der Waals surface area (Å²) >= 11 is 16.1. The highest BCUT2D eigenvalue weighted by Crippen LogP contribution is 2.42. The SMILES string of the molecule is Cc1cccc(C)c1OCC(C)NS(=O)(=O)c1c(Cl)sc(Cl)c1Br. The van der Waals surface area contributed by atoms with Gasteiger partial charge in [-0.3, -0.25) is 0 Å². The number of halogens is 3. The summed E-state index contributed by atoms with van der Waals surface area (Å²) in [6.45, 7) is 5.81. The zero-order valence-corrected chi connectivity index (χ0v) is 17.9. The number of thiophene rings is 1. The van der Waals surface area contributed by atoms with Gasteiger partial charge in [0.15, 0.2) is 0 Å². The van der Waals surface area contributed by atoms with Crippen molar-refractivity contribution in [1.29, 1.82) is 0 Å². The number of hydrogen-bond donors (Lipinski definition) is 1. The molecular weight excluding hydrogens is 457 g/mol. The van der Waals surface area contributed by atoms with Gasteiger partial charge in [0.1, 0.15) is 25.9 Å². The van der Waals surface area contributed by atoms with Gasteiger partial charge >= 0.3 is 0 Å². The summed E-state index contributed by atoms with van der Waals surface area (Å²) in [5.74, 6) is 0.765. The first kappa shape index (κ1) is 20.0. The molecule has 0 aliphatic rings. The van der Waals surface area contributed by atoms with Crippen molar-refractivity contribution >= 4 is 60.5 Å². The Balaban J connectivity index is 2.10. The molecule has 0 aliphatic heterocycles. The molecule has 1 N–H and O–H groups in total. The van der Waals surface area contributed by atoms with Crippen LogP contribution in [0.3, 0.4) is 0 Å². The molecule has 0 saturated heterocycles. The van der Waals surface area contributed by atoms with Crippen LogP contribution >= 0.6 is 50.5 Å². The van der Waals surface area contributed by atoms with Crippen molar-refractivity contribution in [2.45, 2.75) is 31.7 Å². The lowest BCUT2D eigenvalue weighted by atomic mass is 10.1. The van der Waals surface area contributed by atoms with Crippen molar-refractivity contribution < 1.29 is 13.2 Å². The van der Waals surface area contributed by atoms with Crippen molar-refractivity contribution in [3.63, 3.8) is 0 Å². The van der Waals surface area contributed by atoms with Gasteiger partial charge in [-0.15, -0.1) is 11.3 Å². The van der Waals surface area contributed by atoms with Crippen LogP contribution < -0.4 is 9.46 Å². The molecule has 4 nitrogen and oxygen atoms in total. The second-order valence-electron chi connectivity index (χ2n) is 5.35. The average Bonchev–Trinajstić information content (AvgIpc) is 2.71. The predicted octanol–water partition coefficient (Wildman–Crippen LogP) is 5.18. The number of benzene rings is 1. The summed E-state index contributed by atoms with van der Waals surface area (Å²) in [4.78, 5) is -0.0434. The molecule has 1 atom stereocenters. The van der Waals surface area contributed by atoms with E-state index in [0.29, 0.717) is 4.34 Å². The number of sulfonamides is 1. The van der Waals surface area contributed by atoms with Gasteiger partial charge < -0.3 is 4.74 Å². The summed E-state index contributed by atoms with van der Waals surface area (Å²) in [6, 6.07) is 5.39. The number of hydrogen-bond acceptors (Lipinski definition) is 4. The van der Waals surface area contributed by atoms with E-state index < -0.39 is 16.1 Å². The molecule has 24 heavy (non-hydrogen) atoms. The fourth-order valence-electron chi connectivity index (χ4n) is 2.16. The molecule has 0 radical (unpaired) electrons. The van der Waals surface area contributed by atoms with E-state index in [1.54, 1.807) is 6.92 Å². The molecule has 0 amide bonds. The maximum absolute atomic E-state index is 12.5. The van der Waals surface area contributed by atoms with Gasteiger partial charge in [0.2, 0.25) is 10.0 Å². The molecule has 132 valence electrons. The Morgan fingerprint density at radius 3 is 2.33 bits per heavy atom. The second kappa shape index (κ2) is 7.93. The number of ether oxygens (including phenoxy) is 1. The minimum Gasteiger partial charge on any atom is -0.491 e. The number of nitrogens with one attached hydrogen (secondary N) is 1. The third-order valence-corrected chi connectivity index (χ3v) is 8.29. The van der Waals surface area contributed by atoms with Gasteiger partial charge in [0.05, 0.1) is 10.5 Å². The zero-order valence-electron chi connectivity index (χ0n) is 13.2. The predicted molar refractivity (Wildman–Crippen MR) is 103 cm³/mol. The van der Waals surface area contributed by atoms with Crippen LogP contribution in [0.25, 0.3) is 0 Å². The lowest BCUT2D eigenvalue weighted by molar-refractivity contribution is 0.284. The molecule has 2 rings (SSSR count). The lowest BCUT2D eigenvalue weighted by Gasteiger charge is -2.17. The molecule has 1 aromatic heterocycles. The minimum atomic E-state index is -3.81. The standard InChI is InChI=1S/C15H16BrCl2NO3S2/c1-8-5-4-6-9(2)12(8)22-7-10(3)19-24(20,21)13-11(16)14(17)23-15(13)18/h4-6,10,19H,7H2,1-3H3. The van der Waals surface area contributed by atoms with Gasteiger partial charge in [-0.05, 0) is 47.8 Å². The zero-order chi connectivity index (χ0) is 18.1. The maximum atomic E-state index is 12.5. The summed E-state index contributed by atoms with van der Waals surface area (Å²) in [5.41, 5.74) is 2.00. The van der Waals surface area contributed by atoms with Crippen LogP contribution in [0.15, 0.2) is 27.6 Å². The van der Waals surface area contributed by atoms with E-state index in [-0.39, 0.29) is 20.3 Å². The van der Waals surface area contributed by atoms with Gasteiger partial charge in [-0.25, -0.2) is 13.1 Å². The van der Waals surface area contributed by atoms with E-state index in [9.17, 15) is 8.42 Å². The number of aryl methyl sites for hydroxylation is 2. The van der Waals surface area contributed by atoms with Crippen molar-refractivity contribution in [2.24, 2.45) is 0 Å². The van der Waals surface area contributed by atoms with Crippen LogP contribution in [0.2, 0.25) is 8.67 Å². The van der Waals surface area contributed by atoms with Gasteiger partial charge in [-0.1, -0.05) is 41.4 Å². The average molecular weight is 473 g/mol. The molecular formula is C15H16BrCl2NO3S2. The summed E-state index contributed by atoms with van der Waals surface area (Å²) in [7, 11) is -3.81. The van der Waals surface area contributed by atoms with Crippen molar-refractivity contribution in [1.82, 2.24) is 4.72 Å². The Labute approximate surface area is 164 Å². The second-order valence-corrected chi connectivity index (χ2v) is 10.0. The first-order valence-corrected chi connectivity index (χ1v) is 10.8. The molecule has 1 heterocycles. The van der Waals surface area contributed by atoms with Crippen LogP contribution in [0.5, 0.6) is 5.75 Å². The monoisotopic (exact) mass is 471 g/mol. The van der Waals surface area contributed by atoms with E-state index in [0.717, 1.165) is 28.2 Å². The van der Waals surface area contributed by atoms with Crippen LogP contribution in [0, 0.1) is 13.8 Å². The fraction of sp³-hybridized carbons (Fsp3) is 0.333. The highest BCUT2D eigenvalue weighted by atomic mass is 79.9. The van der Waals surface area contributed by atoms with Gasteiger partial charge in [0.25, 0.3) is 0 Å². The Kier molecular flexibility index (Phi) is 6.61. The summed E-state index contributed by atoms with van der Waals surface area (Å²) in [6.07, 6.45) is 0. The lowest BCUT2D eigenvalue weighted by Crippen LogP contribution is -2.37. The molecule has 1 unspecified atom stereocenters. The van der Waals surface area contributed by atoms with Crippen molar-refractivity contribution in [2.75, 3.05) is 6.61 Å². The Hall–Kier alpha value is -0.310. The molecule has 0 fully saturated rings. The maximum Gasteiger partial charge on any atom is 0.244 e. The first-order chi connectivity index (χ1) is 11.1. The Bertz CT molecular complexity index is 832. The fourth-order valence-corrected chi connectivity index (χ4v) is 6.95. The van der Waals surface area contributed by atoms with Crippen molar-refractivity contribution in [3.8, 4) is 5.75 Å². The Morgan fingerprint density at radius 2 is 1.83 bits per heavy atom. The molecule has 0 saturated carbocycles. The first-order valence-electron chi connectivity index (χ1n) is 6.98. The number of rotatable bonds is 6. The number of para-hydroxylation sites is 1. The van der Waals surface area contributed by atoms with Crippen LogP contribution in [-0.2, 0) is 10.0 Å². The van der Waals surface area contributed by atoms with E-state index in [2.05, 4.69) is 20.7 Å². The van der Waals surface area contributed by atoms with E-state index in [1.165, 1.54) is 0 Å². The molecule has 0 aliphatic carbocycles. The van der Waals surface area contributed by atoms with E-state index in [1.807, 2.05) is 32.0 Å². The molecule has 2 aromatic rings. The molecule has 1 aromatic carbocycles. The normalized spacial score (nSPS) is 13.1. The third kappa shape index (κ3) is 4.45. The highest BCUT2D eigenvalue weighted by molar-refractivity contribution is 9.10. The summed E-state index contributed by atoms with van der Waals surface area (Å²) < 4.78 is 34.0. The Morgan fingerprint density at radius 1 is 1.25 bits per heavy atom. The molecule has 9 heteroatoms. The smallest absolute Gasteiger partial charge is 0.244 e. The van der Waals surface area contributed by atoms with Crippen LogP contribution in [-0.4, -0.2) is 21.1 Å². The van der Waals surface area contributed by atoms with Gasteiger partial charge in [0, 0.05) is 0 Å². The van der Waals surface area contributed by atoms with Crippen LogP contribution in [0.4, 0.5) is 0 Å². The topological polar surface area (TPSA) is 55.4 Å². The summed E-state index contributed by atoms with van der Waals surface area (Å²) in [5, 5.41) is 0. The molecule has 0 bridgehead atoms. The highest BCUT2D eigenvalue weighted by Gasteiger charge is 2.27. The van der Waals surface area contributed by atoms with Crippen molar-refractivity contribution in [3.05, 3.63) is 42.5 Å². The van der Waals surface area contributed by atoms with Gasteiger partial charge in [-0.2, -0.15) is 0 Å². The van der Waals surface area contributed by atoms with Crippen LogP contribution in [0.1, 0.15) is 18.1 Å².